The number of hydrogen-bond donors (Lipinski definition) is 2. The van der Waals surface area contributed by atoms with E-state index in [0.29, 0.717) is 16.5 Å². The van der Waals surface area contributed by atoms with Gasteiger partial charge < -0.3 is 15.4 Å². The highest BCUT2D eigenvalue weighted by Gasteiger charge is 2.10. The summed E-state index contributed by atoms with van der Waals surface area (Å²) in [6.45, 7) is 5.65. The second kappa shape index (κ2) is 5.77. The molecule has 0 radical (unpaired) electrons. The van der Waals surface area contributed by atoms with Gasteiger partial charge in [0.05, 0.1) is 12.8 Å². The van der Waals surface area contributed by atoms with Crippen LogP contribution >= 0.6 is 11.6 Å². The normalized spacial score (nSPS) is 10.2. The Hall–Kier alpha value is -1.42. The number of nitrogens with one attached hydrogen (secondary N) is 2. The van der Waals surface area contributed by atoms with Crippen LogP contribution in [0.3, 0.4) is 0 Å². The van der Waals surface area contributed by atoms with Crippen molar-refractivity contribution in [1.29, 1.82) is 0 Å². The van der Waals surface area contributed by atoms with Crippen molar-refractivity contribution in [3.05, 3.63) is 22.7 Å². The van der Waals surface area contributed by atoms with Crippen LogP contribution in [0.5, 0.6) is 5.75 Å². The van der Waals surface area contributed by atoms with Crippen LogP contribution < -0.4 is 15.4 Å². The molecule has 0 saturated carbocycles. The zero-order valence-corrected chi connectivity index (χ0v) is 11.2. The Bertz CT molecular complexity index is 419. The minimum atomic E-state index is -0.264. The highest BCUT2D eigenvalue weighted by atomic mass is 35.5. The van der Waals surface area contributed by atoms with Gasteiger partial charge in [0.25, 0.3) is 0 Å². The van der Waals surface area contributed by atoms with E-state index in [1.54, 1.807) is 12.1 Å². The molecule has 0 aromatic heterocycles. The number of methoxy groups -OCH3 is 1. The summed E-state index contributed by atoms with van der Waals surface area (Å²) in [6.07, 6.45) is 0. The molecule has 2 amide bonds. The molecular weight excluding hydrogens is 240 g/mol. The van der Waals surface area contributed by atoms with E-state index in [9.17, 15) is 4.79 Å². The number of hydrogen-bond acceptors (Lipinski definition) is 2. The van der Waals surface area contributed by atoms with Gasteiger partial charge in [0.15, 0.2) is 0 Å². The van der Waals surface area contributed by atoms with Gasteiger partial charge in [0.1, 0.15) is 5.75 Å². The first kappa shape index (κ1) is 13.6. The highest BCUT2D eigenvalue weighted by molar-refractivity contribution is 6.31. The maximum Gasteiger partial charge on any atom is 0.319 e. The van der Waals surface area contributed by atoms with Gasteiger partial charge in [-0.3, -0.25) is 0 Å². The molecule has 17 heavy (non-hydrogen) atoms. The summed E-state index contributed by atoms with van der Waals surface area (Å²) in [7, 11) is 1.53. The molecule has 1 aromatic carbocycles. The lowest BCUT2D eigenvalue weighted by Gasteiger charge is -2.14. The summed E-state index contributed by atoms with van der Waals surface area (Å²) in [4.78, 5) is 11.6. The van der Waals surface area contributed by atoms with Crippen molar-refractivity contribution in [2.45, 2.75) is 26.8 Å². The van der Waals surface area contributed by atoms with Crippen LogP contribution in [-0.4, -0.2) is 19.2 Å². The van der Waals surface area contributed by atoms with Gasteiger partial charge in [0, 0.05) is 17.1 Å². The summed E-state index contributed by atoms with van der Waals surface area (Å²) >= 11 is 5.98. The molecule has 0 bridgehead atoms. The van der Waals surface area contributed by atoms with Crippen molar-refractivity contribution >= 4 is 23.3 Å². The Kier molecular flexibility index (Phi) is 4.63. The van der Waals surface area contributed by atoms with Crippen LogP contribution in [0.2, 0.25) is 5.02 Å². The molecule has 0 heterocycles. The topological polar surface area (TPSA) is 50.4 Å². The van der Waals surface area contributed by atoms with Crippen molar-refractivity contribution < 1.29 is 9.53 Å². The first-order valence-corrected chi connectivity index (χ1v) is 5.73. The van der Waals surface area contributed by atoms with E-state index in [1.807, 2.05) is 20.8 Å². The quantitative estimate of drug-likeness (QED) is 0.873. The van der Waals surface area contributed by atoms with E-state index < -0.39 is 0 Å². The fourth-order valence-corrected chi connectivity index (χ4v) is 1.50. The molecule has 0 aliphatic rings. The van der Waals surface area contributed by atoms with Crippen LogP contribution in [0, 0.1) is 6.92 Å². The average molecular weight is 257 g/mol. The fourth-order valence-electron chi connectivity index (χ4n) is 1.35. The number of aryl methyl sites for hydroxylation is 1. The number of anilines is 1. The summed E-state index contributed by atoms with van der Waals surface area (Å²) in [5.41, 5.74) is 1.49. The number of rotatable bonds is 3. The highest BCUT2D eigenvalue weighted by Crippen LogP contribution is 2.30. The van der Waals surface area contributed by atoms with Gasteiger partial charge in [-0.15, -0.1) is 0 Å². The van der Waals surface area contributed by atoms with Crippen LogP contribution in [-0.2, 0) is 0 Å². The van der Waals surface area contributed by atoms with Crippen molar-refractivity contribution in [2.75, 3.05) is 12.4 Å². The fraction of sp³-hybridized carbons (Fsp3) is 0.417. The predicted molar refractivity (Wildman–Crippen MR) is 70.0 cm³/mol. The Morgan fingerprint density at radius 1 is 1.41 bits per heavy atom. The number of halogens is 1. The molecule has 1 rings (SSSR count). The smallest absolute Gasteiger partial charge is 0.319 e. The third kappa shape index (κ3) is 3.82. The Balaban J connectivity index is 2.90. The van der Waals surface area contributed by atoms with Crippen molar-refractivity contribution in [1.82, 2.24) is 5.32 Å². The van der Waals surface area contributed by atoms with Crippen molar-refractivity contribution in [3.63, 3.8) is 0 Å². The van der Waals surface area contributed by atoms with Gasteiger partial charge in [-0.1, -0.05) is 11.6 Å². The molecule has 94 valence electrons. The zero-order valence-electron chi connectivity index (χ0n) is 10.4. The van der Waals surface area contributed by atoms with Crippen LogP contribution in [0.1, 0.15) is 19.4 Å². The SMILES string of the molecule is COc1cc(Cl)c(C)cc1NC(=O)NC(C)C. The molecule has 5 heteroatoms. The molecule has 0 spiro atoms. The van der Waals surface area contributed by atoms with Crippen LogP contribution in [0.15, 0.2) is 12.1 Å². The van der Waals surface area contributed by atoms with Gasteiger partial charge in [-0.2, -0.15) is 0 Å². The number of ether oxygens (including phenoxy) is 1. The first-order chi connectivity index (χ1) is 7.93. The molecule has 0 atom stereocenters. The maximum atomic E-state index is 11.6. The third-order valence-electron chi connectivity index (χ3n) is 2.15. The monoisotopic (exact) mass is 256 g/mol. The number of benzene rings is 1. The lowest BCUT2D eigenvalue weighted by Crippen LogP contribution is -2.34. The number of carbonyl (C=O) groups is 1. The molecule has 0 unspecified atom stereocenters. The standard InChI is InChI=1S/C12H17ClN2O2/c1-7(2)14-12(16)15-10-5-8(3)9(13)6-11(10)17-4/h5-7H,1-4H3,(H2,14,15,16). The number of carbonyl (C=O) groups excluding carboxylic acids is 1. The minimum Gasteiger partial charge on any atom is -0.495 e. The summed E-state index contributed by atoms with van der Waals surface area (Å²) < 4.78 is 5.16. The third-order valence-corrected chi connectivity index (χ3v) is 2.56. The molecule has 4 nitrogen and oxygen atoms in total. The second-order valence-electron chi connectivity index (χ2n) is 4.05. The average Bonchev–Trinajstić information content (AvgIpc) is 2.21. The molecular formula is C12H17ClN2O2. The summed E-state index contributed by atoms with van der Waals surface area (Å²) in [5.74, 6) is 0.541. The molecule has 2 N–H and O–H groups in total. The maximum absolute atomic E-state index is 11.6. The van der Waals surface area contributed by atoms with Gasteiger partial charge in [0.2, 0.25) is 0 Å². The largest absolute Gasteiger partial charge is 0.495 e. The van der Waals surface area contributed by atoms with Crippen molar-refractivity contribution in [3.8, 4) is 5.75 Å². The molecule has 0 saturated heterocycles. The van der Waals surface area contributed by atoms with E-state index in [2.05, 4.69) is 10.6 Å². The molecule has 0 fully saturated rings. The van der Waals surface area contributed by atoms with Gasteiger partial charge in [-0.25, -0.2) is 4.79 Å². The number of urea groups is 1. The lowest BCUT2D eigenvalue weighted by atomic mass is 10.2. The Morgan fingerprint density at radius 2 is 2.06 bits per heavy atom. The predicted octanol–water partition coefficient (Wildman–Crippen LogP) is 3.19. The second-order valence-corrected chi connectivity index (χ2v) is 4.46. The first-order valence-electron chi connectivity index (χ1n) is 5.35. The Labute approximate surface area is 106 Å². The van der Waals surface area contributed by atoms with E-state index in [1.165, 1.54) is 7.11 Å². The Morgan fingerprint density at radius 3 is 2.59 bits per heavy atom. The minimum absolute atomic E-state index is 0.0781. The van der Waals surface area contributed by atoms with Gasteiger partial charge >= 0.3 is 6.03 Å². The summed E-state index contributed by atoms with van der Waals surface area (Å²) in [6, 6.07) is 3.28. The van der Waals surface area contributed by atoms with Crippen LogP contribution in [0.4, 0.5) is 10.5 Å². The molecule has 0 aliphatic carbocycles. The van der Waals surface area contributed by atoms with E-state index in [4.69, 9.17) is 16.3 Å². The van der Waals surface area contributed by atoms with E-state index >= 15 is 0 Å². The molecule has 0 aliphatic heterocycles. The number of amides is 2. The van der Waals surface area contributed by atoms with Crippen LogP contribution in [0.25, 0.3) is 0 Å². The zero-order chi connectivity index (χ0) is 13.0. The van der Waals surface area contributed by atoms with E-state index in [0.717, 1.165) is 5.56 Å². The van der Waals surface area contributed by atoms with Crippen molar-refractivity contribution in [2.24, 2.45) is 0 Å². The summed E-state index contributed by atoms with van der Waals surface area (Å²) in [5, 5.41) is 6.07. The molecule has 1 aromatic rings. The lowest BCUT2D eigenvalue weighted by molar-refractivity contribution is 0.250. The van der Waals surface area contributed by atoms with E-state index in [-0.39, 0.29) is 12.1 Å². The van der Waals surface area contributed by atoms with Gasteiger partial charge in [-0.05, 0) is 32.4 Å².